The zero-order chi connectivity index (χ0) is 19.3. The van der Waals surface area contributed by atoms with Crippen LogP contribution in [0.2, 0.25) is 0 Å². The third kappa shape index (κ3) is 4.09. The summed E-state index contributed by atoms with van der Waals surface area (Å²) >= 11 is 0. The second-order valence-electron chi connectivity index (χ2n) is 7.14. The molecule has 4 rings (SSSR count). The summed E-state index contributed by atoms with van der Waals surface area (Å²) in [5.74, 6) is -0.220. The van der Waals surface area contributed by atoms with Crippen molar-refractivity contribution in [1.82, 2.24) is 14.9 Å². The van der Waals surface area contributed by atoms with Crippen LogP contribution in [0.25, 0.3) is 0 Å². The molecular formula is C23H22FN3O. The molecular weight excluding hydrogens is 353 g/mol. The SMILES string of the molecule is O=C(c1cccnc1)N1CCCC[C@@H]1c1ccc(Cc2cccc(F)c2)nc1. The van der Waals surface area contributed by atoms with Gasteiger partial charge in [0.25, 0.3) is 5.91 Å². The van der Waals surface area contributed by atoms with E-state index in [4.69, 9.17) is 0 Å². The Labute approximate surface area is 164 Å². The molecule has 0 spiro atoms. The number of benzene rings is 1. The molecule has 1 aliphatic heterocycles. The van der Waals surface area contributed by atoms with Gasteiger partial charge in [-0.3, -0.25) is 14.8 Å². The fraction of sp³-hybridized carbons (Fsp3) is 0.261. The van der Waals surface area contributed by atoms with Gasteiger partial charge in [0.15, 0.2) is 0 Å². The summed E-state index contributed by atoms with van der Waals surface area (Å²) in [6.45, 7) is 0.740. The second kappa shape index (κ2) is 8.30. The number of piperidine rings is 1. The maximum Gasteiger partial charge on any atom is 0.255 e. The van der Waals surface area contributed by atoms with Crippen LogP contribution in [0.15, 0.2) is 67.1 Å². The first-order valence-corrected chi connectivity index (χ1v) is 9.61. The van der Waals surface area contributed by atoms with Crippen LogP contribution in [0.3, 0.4) is 0 Å². The Bertz CT molecular complexity index is 944. The van der Waals surface area contributed by atoms with Crippen LogP contribution >= 0.6 is 0 Å². The van der Waals surface area contributed by atoms with Crippen molar-refractivity contribution in [3.05, 3.63) is 95.3 Å². The first-order valence-electron chi connectivity index (χ1n) is 9.61. The third-order valence-electron chi connectivity index (χ3n) is 5.18. The van der Waals surface area contributed by atoms with E-state index in [1.807, 2.05) is 29.3 Å². The van der Waals surface area contributed by atoms with Crippen molar-refractivity contribution in [3.8, 4) is 0 Å². The Morgan fingerprint density at radius 2 is 2.04 bits per heavy atom. The maximum absolute atomic E-state index is 13.4. The Balaban J connectivity index is 1.52. The minimum absolute atomic E-state index is 0.0154. The number of halogens is 1. The number of hydrogen-bond acceptors (Lipinski definition) is 3. The molecule has 0 unspecified atom stereocenters. The summed E-state index contributed by atoms with van der Waals surface area (Å²) in [4.78, 5) is 23.5. The van der Waals surface area contributed by atoms with E-state index in [-0.39, 0.29) is 17.8 Å². The third-order valence-corrected chi connectivity index (χ3v) is 5.18. The largest absolute Gasteiger partial charge is 0.332 e. The smallest absolute Gasteiger partial charge is 0.255 e. The summed E-state index contributed by atoms with van der Waals surface area (Å²) < 4.78 is 13.4. The second-order valence-corrected chi connectivity index (χ2v) is 7.14. The summed E-state index contributed by atoms with van der Waals surface area (Å²) in [6, 6.07) is 14.2. The molecule has 142 valence electrons. The Morgan fingerprint density at radius 1 is 1.11 bits per heavy atom. The highest BCUT2D eigenvalue weighted by molar-refractivity contribution is 5.94. The van der Waals surface area contributed by atoms with Crippen LogP contribution in [-0.4, -0.2) is 27.3 Å². The molecule has 0 saturated carbocycles. The van der Waals surface area contributed by atoms with Crippen molar-refractivity contribution in [1.29, 1.82) is 0 Å². The van der Waals surface area contributed by atoms with Gasteiger partial charge in [0.05, 0.1) is 11.6 Å². The monoisotopic (exact) mass is 375 g/mol. The number of pyridine rings is 2. The van der Waals surface area contributed by atoms with E-state index in [1.165, 1.54) is 12.1 Å². The lowest BCUT2D eigenvalue weighted by molar-refractivity contribution is 0.0610. The number of carbonyl (C=O) groups excluding carboxylic acids is 1. The van der Waals surface area contributed by atoms with Crippen molar-refractivity contribution in [3.63, 3.8) is 0 Å². The zero-order valence-electron chi connectivity index (χ0n) is 15.6. The van der Waals surface area contributed by atoms with Gasteiger partial charge in [-0.2, -0.15) is 0 Å². The van der Waals surface area contributed by atoms with Crippen LogP contribution in [0, 0.1) is 5.82 Å². The van der Waals surface area contributed by atoms with Crippen LogP contribution in [-0.2, 0) is 6.42 Å². The van der Waals surface area contributed by atoms with Gasteiger partial charge in [-0.05, 0) is 60.7 Å². The molecule has 0 aliphatic carbocycles. The van der Waals surface area contributed by atoms with E-state index in [9.17, 15) is 9.18 Å². The summed E-state index contributed by atoms with van der Waals surface area (Å²) in [7, 11) is 0. The van der Waals surface area contributed by atoms with Crippen molar-refractivity contribution < 1.29 is 9.18 Å². The van der Waals surface area contributed by atoms with Crippen molar-refractivity contribution in [2.75, 3.05) is 6.54 Å². The minimum Gasteiger partial charge on any atom is -0.332 e. The average Bonchev–Trinajstić information content (AvgIpc) is 2.74. The van der Waals surface area contributed by atoms with Crippen molar-refractivity contribution in [2.24, 2.45) is 0 Å². The van der Waals surface area contributed by atoms with Gasteiger partial charge in [-0.1, -0.05) is 18.2 Å². The topological polar surface area (TPSA) is 46.1 Å². The number of amides is 1. The minimum atomic E-state index is -0.235. The lowest BCUT2D eigenvalue weighted by atomic mass is 9.95. The molecule has 1 atom stereocenters. The molecule has 2 aromatic heterocycles. The van der Waals surface area contributed by atoms with Crippen LogP contribution in [0.4, 0.5) is 4.39 Å². The lowest BCUT2D eigenvalue weighted by Gasteiger charge is -2.36. The molecule has 1 aliphatic rings. The number of hydrogen-bond donors (Lipinski definition) is 0. The van der Waals surface area contributed by atoms with E-state index in [1.54, 1.807) is 30.6 Å². The number of nitrogens with zero attached hydrogens (tertiary/aromatic N) is 3. The van der Waals surface area contributed by atoms with Gasteiger partial charge in [0, 0.05) is 37.3 Å². The van der Waals surface area contributed by atoms with Crippen molar-refractivity contribution in [2.45, 2.75) is 31.7 Å². The molecule has 5 heteroatoms. The Hall–Kier alpha value is -3.08. The summed E-state index contributed by atoms with van der Waals surface area (Å²) in [5, 5.41) is 0. The highest BCUT2D eigenvalue weighted by Gasteiger charge is 2.29. The van der Waals surface area contributed by atoms with E-state index in [2.05, 4.69) is 9.97 Å². The number of rotatable bonds is 4. The highest BCUT2D eigenvalue weighted by Crippen LogP contribution is 2.32. The van der Waals surface area contributed by atoms with Crippen LogP contribution in [0.5, 0.6) is 0 Å². The molecule has 0 radical (unpaired) electrons. The Morgan fingerprint density at radius 3 is 2.79 bits per heavy atom. The summed E-state index contributed by atoms with van der Waals surface area (Å²) in [6.07, 6.45) is 8.76. The predicted molar refractivity (Wildman–Crippen MR) is 105 cm³/mol. The number of carbonyl (C=O) groups is 1. The molecule has 1 amide bonds. The van der Waals surface area contributed by atoms with Gasteiger partial charge < -0.3 is 4.90 Å². The molecule has 28 heavy (non-hydrogen) atoms. The Kier molecular flexibility index (Phi) is 5.42. The van der Waals surface area contributed by atoms with Gasteiger partial charge >= 0.3 is 0 Å². The standard InChI is InChI=1S/C23H22FN3O/c24-20-7-3-5-17(13-20)14-21-10-9-18(16-26-21)22-8-1-2-12-27(22)23(28)19-6-4-11-25-15-19/h3-7,9-11,13,15-16,22H,1-2,8,12,14H2/t22-/m1/s1. The quantitative estimate of drug-likeness (QED) is 0.671. The summed E-state index contributed by atoms with van der Waals surface area (Å²) in [5.41, 5.74) is 3.44. The normalized spacial score (nSPS) is 16.8. The van der Waals surface area contributed by atoms with E-state index in [0.29, 0.717) is 12.0 Å². The number of likely N-dealkylation sites (tertiary alicyclic amines) is 1. The fourth-order valence-electron chi connectivity index (χ4n) is 3.77. The average molecular weight is 375 g/mol. The molecule has 4 nitrogen and oxygen atoms in total. The predicted octanol–water partition coefficient (Wildman–Crippen LogP) is 4.57. The van der Waals surface area contributed by atoms with Gasteiger partial charge in [0.1, 0.15) is 5.82 Å². The van der Waals surface area contributed by atoms with Gasteiger partial charge in [0.2, 0.25) is 0 Å². The van der Waals surface area contributed by atoms with Gasteiger partial charge in [-0.25, -0.2) is 4.39 Å². The molecule has 1 aromatic carbocycles. The molecule has 3 aromatic rings. The molecule has 3 heterocycles. The zero-order valence-corrected chi connectivity index (χ0v) is 15.6. The van der Waals surface area contributed by atoms with E-state index >= 15 is 0 Å². The lowest BCUT2D eigenvalue weighted by Crippen LogP contribution is -2.38. The van der Waals surface area contributed by atoms with Crippen LogP contribution in [0.1, 0.15) is 52.5 Å². The maximum atomic E-state index is 13.4. The fourth-order valence-corrected chi connectivity index (χ4v) is 3.77. The molecule has 1 saturated heterocycles. The molecule has 0 bridgehead atoms. The highest BCUT2D eigenvalue weighted by atomic mass is 19.1. The first-order chi connectivity index (χ1) is 13.7. The first kappa shape index (κ1) is 18.3. The molecule has 0 N–H and O–H groups in total. The van der Waals surface area contributed by atoms with Crippen molar-refractivity contribution >= 4 is 5.91 Å². The molecule has 1 fully saturated rings. The van der Waals surface area contributed by atoms with E-state index < -0.39 is 0 Å². The van der Waals surface area contributed by atoms with E-state index in [0.717, 1.165) is 42.6 Å². The number of aromatic nitrogens is 2. The van der Waals surface area contributed by atoms with Crippen LogP contribution < -0.4 is 0 Å². The van der Waals surface area contributed by atoms with Gasteiger partial charge in [-0.15, -0.1) is 0 Å².